The molecule has 2 unspecified atom stereocenters. The lowest BCUT2D eigenvalue weighted by atomic mass is 9.77. The molecule has 7 heteroatoms. The van der Waals surface area contributed by atoms with Crippen molar-refractivity contribution in [2.45, 2.75) is 34.3 Å². The van der Waals surface area contributed by atoms with Gasteiger partial charge in [-0.2, -0.15) is 0 Å². The standard InChI is InChI=1S/C23H26Cl2FNO3/c1-14(2)19(12-20(24)25)22(15(3)4)23(28)29-13-17-6-5-7-21(27-17)30-18-10-8-16(26)9-11-18/h5-12,14-15,19,22H,13H2,1-4H3. The molecule has 1 heterocycles. The summed E-state index contributed by atoms with van der Waals surface area (Å²) in [5.41, 5.74) is 0.539. The summed E-state index contributed by atoms with van der Waals surface area (Å²) in [5, 5.41) is 0. The smallest absolute Gasteiger partial charge is 0.310 e. The van der Waals surface area contributed by atoms with Gasteiger partial charge in [0.25, 0.3) is 0 Å². The minimum absolute atomic E-state index is 0.00576. The first-order chi connectivity index (χ1) is 14.2. The van der Waals surface area contributed by atoms with Crippen LogP contribution in [0.2, 0.25) is 0 Å². The average Bonchev–Trinajstić information content (AvgIpc) is 2.67. The highest BCUT2D eigenvalue weighted by atomic mass is 35.5. The van der Waals surface area contributed by atoms with Crippen LogP contribution >= 0.6 is 23.2 Å². The van der Waals surface area contributed by atoms with Crippen molar-refractivity contribution >= 4 is 29.2 Å². The van der Waals surface area contributed by atoms with Crippen molar-refractivity contribution in [3.05, 3.63) is 64.5 Å². The number of esters is 1. The number of allylic oxidation sites excluding steroid dienone is 1. The fourth-order valence-corrected chi connectivity index (χ4v) is 3.48. The van der Waals surface area contributed by atoms with E-state index in [1.54, 1.807) is 24.3 Å². The van der Waals surface area contributed by atoms with E-state index in [0.717, 1.165) is 0 Å². The largest absolute Gasteiger partial charge is 0.459 e. The van der Waals surface area contributed by atoms with Crippen molar-refractivity contribution in [2.75, 3.05) is 0 Å². The highest BCUT2D eigenvalue weighted by Gasteiger charge is 2.33. The van der Waals surface area contributed by atoms with Crippen molar-refractivity contribution in [3.8, 4) is 11.6 Å². The summed E-state index contributed by atoms with van der Waals surface area (Å²) in [6.07, 6.45) is 1.70. The molecule has 0 radical (unpaired) electrons. The number of hydrogen-bond donors (Lipinski definition) is 0. The monoisotopic (exact) mass is 453 g/mol. The zero-order valence-corrected chi connectivity index (χ0v) is 19.0. The first-order valence-corrected chi connectivity index (χ1v) is 10.5. The Bertz CT molecular complexity index is 865. The van der Waals surface area contributed by atoms with Crippen LogP contribution in [-0.2, 0) is 16.1 Å². The Morgan fingerprint density at radius 1 is 1.07 bits per heavy atom. The van der Waals surface area contributed by atoms with Gasteiger partial charge in [-0.05, 0) is 54.2 Å². The third-order valence-electron chi connectivity index (χ3n) is 4.67. The van der Waals surface area contributed by atoms with E-state index in [4.69, 9.17) is 32.7 Å². The van der Waals surface area contributed by atoms with E-state index < -0.39 is 5.92 Å². The highest BCUT2D eigenvalue weighted by Crippen LogP contribution is 2.32. The summed E-state index contributed by atoms with van der Waals surface area (Å²) in [5.74, 6) is -0.241. The molecule has 0 aliphatic heterocycles. The summed E-state index contributed by atoms with van der Waals surface area (Å²) >= 11 is 11.7. The van der Waals surface area contributed by atoms with E-state index in [-0.39, 0.29) is 40.6 Å². The van der Waals surface area contributed by atoms with Crippen LogP contribution in [0, 0.1) is 29.5 Å². The van der Waals surface area contributed by atoms with E-state index in [2.05, 4.69) is 4.98 Å². The van der Waals surface area contributed by atoms with Gasteiger partial charge in [-0.25, -0.2) is 9.37 Å². The second kappa shape index (κ2) is 11.3. The Morgan fingerprint density at radius 3 is 2.30 bits per heavy atom. The van der Waals surface area contributed by atoms with E-state index in [1.807, 2.05) is 27.7 Å². The average molecular weight is 454 g/mol. The first-order valence-electron chi connectivity index (χ1n) is 9.76. The van der Waals surface area contributed by atoms with E-state index in [0.29, 0.717) is 17.3 Å². The molecule has 0 fully saturated rings. The first kappa shape index (κ1) is 24.2. The SMILES string of the molecule is CC(C)C(C=C(Cl)Cl)C(C(=O)OCc1cccc(Oc2ccc(F)cc2)n1)C(C)C. The van der Waals surface area contributed by atoms with Crippen molar-refractivity contribution in [1.82, 2.24) is 4.98 Å². The predicted octanol–water partition coefficient (Wildman–Crippen LogP) is 6.92. The number of rotatable bonds is 9. The fourth-order valence-electron chi connectivity index (χ4n) is 3.19. The molecule has 2 rings (SSSR count). The molecule has 0 aliphatic rings. The maximum atomic E-state index is 13.0. The molecule has 4 nitrogen and oxygen atoms in total. The lowest BCUT2D eigenvalue weighted by molar-refractivity contribution is -0.154. The molecule has 30 heavy (non-hydrogen) atoms. The van der Waals surface area contributed by atoms with Crippen LogP contribution in [0.25, 0.3) is 0 Å². The molecule has 0 saturated carbocycles. The van der Waals surface area contributed by atoms with Gasteiger partial charge in [0, 0.05) is 6.07 Å². The van der Waals surface area contributed by atoms with Gasteiger partial charge in [-0.15, -0.1) is 0 Å². The minimum Gasteiger partial charge on any atom is -0.459 e. The van der Waals surface area contributed by atoms with Gasteiger partial charge >= 0.3 is 5.97 Å². The van der Waals surface area contributed by atoms with Gasteiger partial charge in [0.2, 0.25) is 5.88 Å². The zero-order chi connectivity index (χ0) is 22.3. The second-order valence-corrected chi connectivity index (χ2v) is 8.69. The molecule has 1 aromatic heterocycles. The summed E-state index contributed by atoms with van der Waals surface area (Å²) < 4.78 is 24.4. The van der Waals surface area contributed by atoms with Crippen LogP contribution < -0.4 is 4.74 Å². The number of hydrogen-bond acceptors (Lipinski definition) is 4. The maximum Gasteiger partial charge on any atom is 0.310 e. The van der Waals surface area contributed by atoms with Crippen LogP contribution in [0.1, 0.15) is 33.4 Å². The fraction of sp³-hybridized carbons (Fsp3) is 0.391. The van der Waals surface area contributed by atoms with Crippen LogP contribution in [-0.4, -0.2) is 11.0 Å². The molecular formula is C23H26Cl2FNO3. The van der Waals surface area contributed by atoms with E-state index >= 15 is 0 Å². The van der Waals surface area contributed by atoms with E-state index in [9.17, 15) is 9.18 Å². The van der Waals surface area contributed by atoms with Gasteiger partial charge in [-0.3, -0.25) is 4.79 Å². The second-order valence-electron chi connectivity index (χ2n) is 7.68. The Kier molecular flexibility index (Phi) is 9.12. The maximum absolute atomic E-state index is 13.0. The molecule has 0 N–H and O–H groups in total. The van der Waals surface area contributed by atoms with Crippen molar-refractivity contribution in [2.24, 2.45) is 23.7 Å². The number of carbonyl (C=O) groups is 1. The third kappa shape index (κ3) is 7.29. The number of nitrogens with zero attached hydrogens (tertiary/aromatic N) is 1. The summed E-state index contributed by atoms with van der Waals surface area (Å²) in [6, 6.07) is 10.8. The van der Waals surface area contributed by atoms with Gasteiger partial charge in [0.15, 0.2) is 0 Å². The Morgan fingerprint density at radius 2 is 1.73 bits per heavy atom. The molecule has 0 saturated heterocycles. The molecular weight excluding hydrogens is 428 g/mol. The number of pyridine rings is 1. The van der Waals surface area contributed by atoms with Gasteiger partial charge in [0.05, 0.1) is 11.6 Å². The van der Waals surface area contributed by atoms with Crippen molar-refractivity contribution in [3.63, 3.8) is 0 Å². The molecule has 1 aromatic carbocycles. The summed E-state index contributed by atoms with van der Waals surface area (Å²) in [6.45, 7) is 7.96. The number of carbonyl (C=O) groups excluding carboxylic acids is 1. The summed E-state index contributed by atoms with van der Waals surface area (Å²) in [7, 11) is 0. The number of halogens is 3. The number of ether oxygens (including phenoxy) is 2. The molecule has 2 atom stereocenters. The lowest BCUT2D eigenvalue weighted by Gasteiger charge is -2.29. The van der Waals surface area contributed by atoms with Crippen LogP contribution in [0.15, 0.2) is 53.0 Å². The minimum atomic E-state index is -0.392. The van der Waals surface area contributed by atoms with Crippen LogP contribution in [0.4, 0.5) is 4.39 Å². The molecule has 0 aliphatic carbocycles. The zero-order valence-electron chi connectivity index (χ0n) is 17.4. The van der Waals surface area contributed by atoms with Gasteiger partial charge in [0.1, 0.15) is 22.7 Å². The van der Waals surface area contributed by atoms with Gasteiger partial charge < -0.3 is 9.47 Å². The Labute approximate surface area is 187 Å². The number of benzene rings is 1. The number of aromatic nitrogens is 1. The van der Waals surface area contributed by atoms with Gasteiger partial charge in [-0.1, -0.05) is 57.0 Å². The summed E-state index contributed by atoms with van der Waals surface area (Å²) in [4.78, 5) is 17.2. The topological polar surface area (TPSA) is 48.4 Å². The quantitative estimate of drug-likeness (QED) is 0.386. The molecule has 162 valence electrons. The highest BCUT2D eigenvalue weighted by molar-refractivity contribution is 6.55. The molecule has 0 spiro atoms. The Hall–Kier alpha value is -2.11. The Balaban J connectivity index is 2.08. The van der Waals surface area contributed by atoms with Crippen molar-refractivity contribution < 1.29 is 18.7 Å². The lowest BCUT2D eigenvalue weighted by Crippen LogP contribution is -2.32. The van der Waals surface area contributed by atoms with Crippen LogP contribution in [0.3, 0.4) is 0 Å². The predicted molar refractivity (Wildman–Crippen MR) is 117 cm³/mol. The molecule has 0 amide bonds. The third-order valence-corrected chi connectivity index (χ3v) is 4.92. The molecule has 2 aromatic rings. The molecule has 0 bridgehead atoms. The van der Waals surface area contributed by atoms with E-state index in [1.165, 1.54) is 24.3 Å². The van der Waals surface area contributed by atoms with Crippen LogP contribution in [0.5, 0.6) is 11.6 Å². The van der Waals surface area contributed by atoms with Crippen molar-refractivity contribution in [1.29, 1.82) is 0 Å². The normalized spacial score (nSPS) is 13.1.